The molecule has 1 heterocycles. The molecular weight excluding hydrogens is 321 g/mol. The number of carbonyl (C=O) groups is 1. The molecule has 0 saturated carbocycles. The summed E-state index contributed by atoms with van der Waals surface area (Å²) >= 11 is 0. The maximum absolute atomic E-state index is 12.5. The van der Waals surface area contributed by atoms with Gasteiger partial charge >= 0.3 is 0 Å². The molecule has 1 aromatic carbocycles. The molecule has 1 aliphatic heterocycles. The fourth-order valence-corrected chi connectivity index (χ4v) is 2.83. The molecule has 22 heavy (non-hydrogen) atoms. The molecule has 0 aromatic heterocycles. The van der Waals surface area contributed by atoms with Gasteiger partial charge in [0.2, 0.25) is 0 Å². The minimum Gasteiger partial charge on any atom is -0.399 e. The van der Waals surface area contributed by atoms with Crippen LogP contribution in [0.25, 0.3) is 0 Å². The number of nitrogens with two attached hydrogens (primary N) is 1. The summed E-state index contributed by atoms with van der Waals surface area (Å²) in [6.07, 6.45) is 2.09. The molecule has 0 unspecified atom stereocenters. The largest absolute Gasteiger partial charge is 0.399 e. The summed E-state index contributed by atoms with van der Waals surface area (Å²) in [5, 5.41) is 0. The van der Waals surface area contributed by atoms with E-state index in [1.807, 2.05) is 24.1 Å². The van der Waals surface area contributed by atoms with Crippen molar-refractivity contribution in [2.24, 2.45) is 0 Å². The third kappa shape index (κ3) is 5.04. The van der Waals surface area contributed by atoms with Crippen LogP contribution in [0, 0.1) is 0 Å². The molecule has 0 bridgehead atoms. The number of nitrogens with zero attached hydrogens (tertiary/aromatic N) is 2. The zero-order valence-corrected chi connectivity index (χ0v) is 15.1. The zero-order chi connectivity index (χ0) is 14.7. The van der Waals surface area contributed by atoms with Crippen molar-refractivity contribution in [3.63, 3.8) is 0 Å². The van der Waals surface area contributed by atoms with Gasteiger partial charge in [-0.3, -0.25) is 4.79 Å². The SMILES string of the molecule is CC(C)N1CCC(N(C)C(=O)c2cccc(N)c2)CC1.Cl.Cl. The lowest BCUT2D eigenvalue weighted by atomic mass is 10.0. The lowest BCUT2D eigenvalue weighted by Gasteiger charge is -2.38. The van der Waals surface area contributed by atoms with Gasteiger partial charge in [0, 0.05) is 43.5 Å². The van der Waals surface area contributed by atoms with Crippen molar-refractivity contribution < 1.29 is 4.79 Å². The summed E-state index contributed by atoms with van der Waals surface area (Å²) in [5.74, 6) is 0.0697. The van der Waals surface area contributed by atoms with Crippen molar-refractivity contribution in [3.05, 3.63) is 29.8 Å². The van der Waals surface area contributed by atoms with Gasteiger partial charge in [0.15, 0.2) is 0 Å². The summed E-state index contributed by atoms with van der Waals surface area (Å²) < 4.78 is 0. The fourth-order valence-electron chi connectivity index (χ4n) is 2.83. The maximum atomic E-state index is 12.5. The molecule has 1 aromatic rings. The minimum absolute atomic E-state index is 0. The predicted molar refractivity (Wildman–Crippen MR) is 97.2 cm³/mol. The number of halogens is 2. The summed E-state index contributed by atoms with van der Waals surface area (Å²) in [6, 6.07) is 8.14. The van der Waals surface area contributed by atoms with E-state index in [0.717, 1.165) is 25.9 Å². The number of hydrogen-bond acceptors (Lipinski definition) is 3. The topological polar surface area (TPSA) is 49.6 Å². The first-order valence-corrected chi connectivity index (χ1v) is 7.36. The van der Waals surface area contributed by atoms with Crippen molar-refractivity contribution in [1.29, 1.82) is 0 Å². The lowest BCUT2D eigenvalue weighted by molar-refractivity contribution is 0.0615. The molecule has 0 atom stereocenters. The van der Waals surface area contributed by atoms with Crippen LogP contribution in [0.4, 0.5) is 5.69 Å². The first-order valence-electron chi connectivity index (χ1n) is 7.36. The molecule has 0 spiro atoms. The van der Waals surface area contributed by atoms with E-state index in [4.69, 9.17) is 5.73 Å². The number of hydrogen-bond donors (Lipinski definition) is 1. The van der Waals surface area contributed by atoms with Crippen LogP contribution in [0.1, 0.15) is 37.0 Å². The Morgan fingerprint density at radius 3 is 2.36 bits per heavy atom. The van der Waals surface area contributed by atoms with Crippen LogP contribution >= 0.6 is 24.8 Å². The molecule has 0 aliphatic carbocycles. The van der Waals surface area contributed by atoms with E-state index in [0.29, 0.717) is 23.3 Å². The van der Waals surface area contributed by atoms with Crippen molar-refractivity contribution >= 4 is 36.4 Å². The molecule has 0 radical (unpaired) electrons. The Morgan fingerprint density at radius 1 is 1.27 bits per heavy atom. The average Bonchev–Trinajstić information content (AvgIpc) is 2.46. The highest BCUT2D eigenvalue weighted by molar-refractivity contribution is 5.95. The average molecular weight is 348 g/mol. The monoisotopic (exact) mass is 347 g/mol. The number of likely N-dealkylation sites (tertiary alicyclic amines) is 1. The molecule has 126 valence electrons. The first kappa shape index (κ1) is 21.0. The molecule has 1 amide bonds. The Kier molecular flexibility index (Phi) is 8.83. The highest BCUT2D eigenvalue weighted by Gasteiger charge is 2.26. The highest BCUT2D eigenvalue weighted by Crippen LogP contribution is 2.19. The highest BCUT2D eigenvalue weighted by atomic mass is 35.5. The number of anilines is 1. The maximum Gasteiger partial charge on any atom is 0.253 e. The van der Waals surface area contributed by atoms with Gasteiger partial charge in [-0.1, -0.05) is 6.07 Å². The number of amides is 1. The Balaban J connectivity index is 0.00000220. The molecule has 1 aliphatic rings. The summed E-state index contributed by atoms with van der Waals surface area (Å²) in [7, 11) is 1.90. The number of rotatable bonds is 3. The summed E-state index contributed by atoms with van der Waals surface area (Å²) in [6.45, 7) is 6.58. The quantitative estimate of drug-likeness (QED) is 0.854. The van der Waals surface area contributed by atoms with Crippen molar-refractivity contribution in [2.75, 3.05) is 25.9 Å². The second-order valence-electron chi connectivity index (χ2n) is 5.90. The van der Waals surface area contributed by atoms with Gasteiger partial charge in [-0.05, 0) is 44.9 Å². The van der Waals surface area contributed by atoms with Crippen LogP contribution in [-0.2, 0) is 0 Å². The van der Waals surface area contributed by atoms with Crippen LogP contribution in [0.15, 0.2) is 24.3 Å². The van der Waals surface area contributed by atoms with E-state index in [-0.39, 0.29) is 30.7 Å². The smallest absolute Gasteiger partial charge is 0.253 e. The van der Waals surface area contributed by atoms with Crippen molar-refractivity contribution in [2.45, 2.75) is 38.8 Å². The van der Waals surface area contributed by atoms with Crippen LogP contribution in [0.5, 0.6) is 0 Å². The van der Waals surface area contributed by atoms with Crippen LogP contribution in [0.2, 0.25) is 0 Å². The minimum atomic E-state index is 0. The third-order valence-corrected chi connectivity index (χ3v) is 4.23. The van der Waals surface area contributed by atoms with Crippen molar-refractivity contribution in [1.82, 2.24) is 9.80 Å². The van der Waals surface area contributed by atoms with E-state index in [2.05, 4.69) is 18.7 Å². The fraction of sp³-hybridized carbons (Fsp3) is 0.562. The van der Waals surface area contributed by atoms with E-state index in [1.54, 1.807) is 12.1 Å². The van der Waals surface area contributed by atoms with Gasteiger partial charge in [-0.2, -0.15) is 0 Å². The lowest BCUT2D eigenvalue weighted by Crippen LogP contribution is -2.47. The van der Waals surface area contributed by atoms with Crippen LogP contribution in [0.3, 0.4) is 0 Å². The molecule has 1 saturated heterocycles. The standard InChI is InChI=1S/C16H25N3O.2ClH/c1-12(2)19-9-7-15(8-10-19)18(3)16(20)13-5-4-6-14(17)11-13;;/h4-6,11-12,15H,7-10,17H2,1-3H3;2*1H. The molecule has 6 heteroatoms. The molecule has 2 N–H and O–H groups in total. The van der Waals surface area contributed by atoms with Crippen molar-refractivity contribution in [3.8, 4) is 0 Å². The number of carbonyl (C=O) groups excluding carboxylic acids is 1. The van der Waals surface area contributed by atoms with Gasteiger partial charge in [-0.25, -0.2) is 0 Å². The first-order chi connectivity index (χ1) is 9.49. The van der Waals surface area contributed by atoms with Gasteiger partial charge in [-0.15, -0.1) is 24.8 Å². The Labute approximate surface area is 145 Å². The van der Waals surface area contributed by atoms with E-state index >= 15 is 0 Å². The molecule has 4 nitrogen and oxygen atoms in total. The van der Waals surface area contributed by atoms with Crippen LogP contribution < -0.4 is 5.73 Å². The van der Waals surface area contributed by atoms with E-state index < -0.39 is 0 Å². The second kappa shape index (κ2) is 9.23. The number of nitrogen functional groups attached to an aromatic ring is 1. The van der Waals surface area contributed by atoms with Crippen LogP contribution in [-0.4, -0.2) is 47.9 Å². The Hall–Kier alpha value is -0.970. The summed E-state index contributed by atoms with van der Waals surface area (Å²) in [5.41, 5.74) is 7.07. The number of piperidine rings is 1. The van der Waals surface area contributed by atoms with E-state index in [1.165, 1.54) is 0 Å². The van der Waals surface area contributed by atoms with Gasteiger partial charge in [0.25, 0.3) is 5.91 Å². The predicted octanol–water partition coefficient (Wildman–Crippen LogP) is 3.06. The normalized spacial score (nSPS) is 15.8. The zero-order valence-electron chi connectivity index (χ0n) is 13.5. The molecule has 1 fully saturated rings. The summed E-state index contributed by atoms with van der Waals surface area (Å²) in [4.78, 5) is 16.8. The van der Waals surface area contributed by atoms with Gasteiger partial charge < -0.3 is 15.5 Å². The molecule has 2 rings (SSSR count). The second-order valence-corrected chi connectivity index (χ2v) is 5.90. The van der Waals surface area contributed by atoms with E-state index in [9.17, 15) is 4.79 Å². The Morgan fingerprint density at radius 2 is 1.86 bits per heavy atom. The number of benzene rings is 1. The molecular formula is C16H27Cl2N3O. The van der Waals surface area contributed by atoms with Gasteiger partial charge in [0.05, 0.1) is 0 Å². The Bertz CT molecular complexity index is 474. The third-order valence-electron chi connectivity index (χ3n) is 4.23. The van der Waals surface area contributed by atoms with Gasteiger partial charge in [0.1, 0.15) is 0 Å².